The molecule has 0 atom stereocenters. The minimum Gasteiger partial charge on any atom is -0.314 e. The number of sulfonamides is 1. The lowest BCUT2D eigenvalue weighted by molar-refractivity contribution is 0.233. The van der Waals surface area contributed by atoms with Gasteiger partial charge < -0.3 is 5.32 Å². The fourth-order valence-corrected chi connectivity index (χ4v) is 5.25. The maximum Gasteiger partial charge on any atom is 0.243 e. The molecule has 138 valence electrons. The first-order valence-corrected chi connectivity index (χ1v) is 10.7. The molecule has 2 aromatic rings. The molecule has 0 radical (unpaired) electrons. The van der Waals surface area contributed by atoms with Crippen LogP contribution in [-0.4, -0.2) is 50.3 Å². The Morgan fingerprint density at radius 1 is 0.923 bits per heavy atom. The highest BCUT2D eigenvalue weighted by Gasteiger charge is 2.28. The van der Waals surface area contributed by atoms with Crippen LogP contribution in [0, 0.1) is 0 Å². The van der Waals surface area contributed by atoms with Gasteiger partial charge in [0.15, 0.2) is 0 Å². The average molecular weight is 372 g/mol. The van der Waals surface area contributed by atoms with Gasteiger partial charge in [-0.15, -0.1) is 0 Å². The lowest BCUT2D eigenvalue weighted by Gasteiger charge is -2.29. The van der Waals surface area contributed by atoms with Gasteiger partial charge in [0.1, 0.15) is 0 Å². The van der Waals surface area contributed by atoms with Crippen molar-refractivity contribution in [2.45, 2.75) is 24.4 Å². The van der Waals surface area contributed by atoms with E-state index in [0.29, 0.717) is 18.0 Å². The normalized spacial score (nSPS) is 19.2. The molecule has 0 spiro atoms. The van der Waals surface area contributed by atoms with Crippen molar-refractivity contribution in [3.63, 3.8) is 0 Å². The second-order valence-electron chi connectivity index (χ2n) is 7.03. The number of benzene rings is 2. The third kappa shape index (κ3) is 3.69. The van der Waals surface area contributed by atoms with Gasteiger partial charge in [-0.3, -0.25) is 4.90 Å². The fraction of sp³-hybridized carbons (Fsp3) is 0.400. The minimum absolute atomic E-state index is 0.407. The highest BCUT2D eigenvalue weighted by molar-refractivity contribution is 7.89. The molecule has 2 aliphatic rings. The van der Waals surface area contributed by atoms with E-state index in [2.05, 4.69) is 16.3 Å². The van der Waals surface area contributed by atoms with Gasteiger partial charge in [-0.25, -0.2) is 8.42 Å². The molecule has 0 amide bonds. The van der Waals surface area contributed by atoms with E-state index in [1.807, 2.05) is 36.4 Å². The van der Waals surface area contributed by atoms with Crippen molar-refractivity contribution in [1.82, 2.24) is 14.5 Å². The summed E-state index contributed by atoms with van der Waals surface area (Å²) in [6, 6.07) is 15.6. The molecule has 0 unspecified atom stereocenters. The van der Waals surface area contributed by atoms with Crippen LogP contribution in [0.25, 0.3) is 0 Å². The van der Waals surface area contributed by atoms with Crippen molar-refractivity contribution in [3.8, 4) is 0 Å². The van der Waals surface area contributed by atoms with E-state index < -0.39 is 10.0 Å². The van der Waals surface area contributed by atoms with Crippen LogP contribution in [0.1, 0.15) is 16.7 Å². The molecule has 1 fully saturated rings. The van der Waals surface area contributed by atoms with Gasteiger partial charge in [0, 0.05) is 45.8 Å². The Labute approximate surface area is 155 Å². The summed E-state index contributed by atoms with van der Waals surface area (Å²) in [5.74, 6) is 0. The molecule has 5 nitrogen and oxygen atoms in total. The smallest absolute Gasteiger partial charge is 0.243 e. The van der Waals surface area contributed by atoms with Crippen LogP contribution in [0.3, 0.4) is 0 Å². The average Bonchev–Trinajstić information content (AvgIpc) is 2.68. The van der Waals surface area contributed by atoms with E-state index in [1.165, 1.54) is 5.56 Å². The van der Waals surface area contributed by atoms with E-state index in [1.54, 1.807) is 10.4 Å². The van der Waals surface area contributed by atoms with E-state index >= 15 is 0 Å². The Hall–Kier alpha value is -1.73. The molecule has 2 aliphatic heterocycles. The topological polar surface area (TPSA) is 52.7 Å². The van der Waals surface area contributed by atoms with E-state index in [4.69, 9.17) is 0 Å². The van der Waals surface area contributed by atoms with E-state index in [-0.39, 0.29) is 0 Å². The lowest BCUT2D eigenvalue weighted by atomic mass is 10.0. The van der Waals surface area contributed by atoms with Crippen LogP contribution >= 0.6 is 0 Å². The predicted molar refractivity (Wildman–Crippen MR) is 102 cm³/mol. The number of rotatable bonds is 4. The van der Waals surface area contributed by atoms with Crippen LogP contribution < -0.4 is 5.32 Å². The van der Waals surface area contributed by atoms with Gasteiger partial charge in [-0.1, -0.05) is 36.4 Å². The van der Waals surface area contributed by atoms with Gasteiger partial charge in [0.25, 0.3) is 0 Å². The SMILES string of the molecule is O=S(=O)(c1cccc(CN2CCNCC2)c1)N1CCc2ccccc2C1. The number of piperazine rings is 1. The Bertz CT molecular complexity index is 876. The third-order valence-corrected chi connectivity index (χ3v) is 7.09. The van der Waals surface area contributed by atoms with Gasteiger partial charge >= 0.3 is 0 Å². The second kappa shape index (κ2) is 7.48. The second-order valence-corrected chi connectivity index (χ2v) is 8.97. The summed E-state index contributed by atoms with van der Waals surface area (Å²) in [5.41, 5.74) is 3.43. The van der Waals surface area contributed by atoms with Crippen molar-refractivity contribution in [3.05, 3.63) is 65.2 Å². The molecule has 2 heterocycles. The Balaban J connectivity index is 1.53. The van der Waals surface area contributed by atoms with Crippen LogP contribution in [0.5, 0.6) is 0 Å². The summed E-state index contributed by atoms with van der Waals surface area (Å²) >= 11 is 0. The Morgan fingerprint density at radius 3 is 2.50 bits per heavy atom. The summed E-state index contributed by atoms with van der Waals surface area (Å²) in [6.45, 7) is 5.78. The number of hydrogen-bond donors (Lipinski definition) is 1. The zero-order valence-electron chi connectivity index (χ0n) is 14.9. The molecule has 4 rings (SSSR count). The highest BCUT2D eigenvalue weighted by Crippen LogP contribution is 2.25. The van der Waals surface area contributed by atoms with Crippen LogP contribution in [-0.2, 0) is 29.5 Å². The number of nitrogens with zero attached hydrogens (tertiary/aromatic N) is 2. The number of fused-ring (bicyclic) bond motifs is 1. The maximum absolute atomic E-state index is 13.1. The summed E-state index contributed by atoms with van der Waals surface area (Å²) in [4.78, 5) is 2.77. The summed E-state index contributed by atoms with van der Waals surface area (Å²) in [5, 5.41) is 3.34. The molecule has 6 heteroatoms. The van der Waals surface area contributed by atoms with E-state index in [0.717, 1.165) is 50.3 Å². The van der Waals surface area contributed by atoms with Crippen molar-refractivity contribution < 1.29 is 8.42 Å². The summed E-state index contributed by atoms with van der Waals surface area (Å²) < 4.78 is 27.9. The maximum atomic E-state index is 13.1. The van der Waals surface area contributed by atoms with Gasteiger partial charge in [-0.05, 0) is 35.2 Å². The first kappa shape index (κ1) is 17.7. The lowest BCUT2D eigenvalue weighted by Crippen LogP contribution is -2.42. The highest BCUT2D eigenvalue weighted by atomic mass is 32.2. The van der Waals surface area contributed by atoms with Crippen molar-refractivity contribution in [2.24, 2.45) is 0 Å². The summed E-state index contributed by atoms with van der Waals surface area (Å²) in [6.07, 6.45) is 0.774. The Morgan fingerprint density at radius 2 is 1.69 bits per heavy atom. The first-order valence-electron chi connectivity index (χ1n) is 9.22. The standard InChI is InChI=1S/C20H25N3O2S/c24-26(25,23-11-8-18-5-1-2-6-19(18)16-23)20-7-3-4-17(14-20)15-22-12-9-21-10-13-22/h1-7,14,21H,8-13,15-16H2. The third-order valence-electron chi connectivity index (χ3n) is 5.25. The summed E-state index contributed by atoms with van der Waals surface area (Å²) in [7, 11) is -3.47. The van der Waals surface area contributed by atoms with Gasteiger partial charge in [0.2, 0.25) is 10.0 Å². The first-order chi connectivity index (χ1) is 12.6. The minimum atomic E-state index is -3.47. The fourth-order valence-electron chi connectivity index (χ4n) is 3.76. The van der Waals surface area contributed by atoms with Crippen molar-refractivity contribution in [1.29, 1.82) is 0 Å². The van der Waals surface area contributed by atoms with Crippen molar-refractivity contribution in [2.75, 3.05) is 32.7 Å². The monoisotopic (exact) mass is 371 g/mol. The molecule has 0 saturated carbocycles. The van der Waals surface area contributed by atoms with Gasteiger partial charge in [0.05, 0.1) is 4.90 Å². The molecule has 26 heavy (non-hydrogen) atoms. The van der Waals surface area contributed by atoms with E-state index in [9.17, 15) is 8.42 Å². The zero-order chi connectivity index (χ0) is 18.0. The molecular formula is C20H25N3O2S. The van der Waals surface area contributed by atoms with Crippen molar-refractivity contribution >= 4 is 10.0 Å². The quantitative estimate of drug-likeness (QED) is 0.891. The zero-order valence-corrected chi connectivity index (χ0v) is 15.7. The molecule has 0 bridgehead atoms. The largest absolute Gasteiger partial charge is 0.314 e. The molecule has 2 aromatic carbocycles. The van der Waals surface area contributed by atoms with Crippen LogP contribution in [0.4, 0.5) is 0 Å². The molecule has 1 N–H and O–H groups in total. The van der Waals surface area contributed by atoms with Crippen LogP contribution in [0.15, 0.2) is 53.4 Å². The molecular weight excluding hydrogens is 346 g/mol. The predicted octanol–water partition coefficient (Wildman–Crippen LogP) is 1.84. The number of hydrogen-bond acceptors (Lipinski definition) is 4. The molecule has 0 aromatic heterocycles. The van der Waals surface area contributed by atoms with Crippen LogP contribution in [0.2, 0.25) is 0 Å². The van der Waals surface area contributed by atoms with Gasteiger partial charge in [-0.2, -0.15) is 4.31 Å². The molecule has 0 aliphatic carbocycles. The molecule has 1 saturated heterocycles. The number of nitrogens with one attached hydrogen (secondary N) is 1. The Kier molecular flexibility index (Phi) is 5.09.